The fourth-order valence-electron chi connectivity index (χ4n) is 4.83. The van der Waals surface area contributed by atoms with E-state index in [4.69, 9.17) is 9.47 Å². The van der Waals surface area contributed by atoms with Crippen molar-refractivity contribution in [3.63, 3.8) is 0 Å². The smallest absolute Gasteiger partial charge is 0.223 e. The molecule has 1 saturated carbocycles. The molecule has 3 heterocycles. The summed E-state index contributed by atoms with van der Waals surface area (Å²) in [4.78, 5) is 15.1. The maximum Gasteiger partial charge on any atom is 0.223 e. The first-order valence-corrected chi connectivity index (χ1v) is 9.93. The number of piperidine rings is 1. The summed E-state index contributed by atoms with van der Waals surface area (Å²) in [5.41, 5.74) is 0.298. The zero-order valence-corrected chi connectivity index (χ0v) is 14.8. The van der Waals surface area contributed by atoms with Gasteiger partial charge in [0.15, 0.2) is 0 Å². The van der Waals surface area contributed by atoms with Gasteiger partial charge in [0.2, 0.25) is 5.91 Å². The van der Waals surface area contributed by atoms with Gasteiger partial charge in [0, 0.05) is 51.5 Å². The maximum atomic E-state index is 12.5. The van der Waals surface area contributed by atoms with Crippen LogP contribution in [0.25, 0.3) is 0 Å². The van der Waals surface area contributed by atoms with Gasteiger partial charge in [-0.15, -0.1) is 0 Å². The van der Waals surface area contributed by atoms with Crippen molar-refractivity contribution in [1.29, 1.82) is 0 Å². The van der Waals surface area contributed by atoms with Crippen molar-refractivity contribution in [2.75, 3.05) is 46.1 Å². The van der Waals surface area contributed by atoms with Crippen molar-refractivity contribution in [3.05, 3.63) is 0 Å². The minimum Gasteiger partial charge on any atom is -0.381 e. The second kappa shape index (κ2) is 7.30. The normalized spacial score (nSPS) is 33.7. The highest BCUT2D eigenvalue weighted by atomic mass is 16.5. The molecule has 4 rings (SSSR count). The van der Waals surface area contributed by atoms with Gasteiger partial charge in [0.25, 0.3) is 0 Å². The third-order valence-corrected chi connectivity index (χ3v) is 6.81. The Morgan fingerprint density at radius 2 is 1.88 bits per heavy atom. The Morgan fingerprint density at radius 1 is 1.08 bits per heavy atom. The Bertz CT molecular complexity index is 436. The van der Waals surface area contributed by atoms with E-state index in [0.717, 1.165) is 77.5 Å². The molecule has 0 aromatic carbocycles. The maximum absolute atomic E-state index is 12.5. The van der Waals surface area contributed by atoms with Crippen LogP contribution in [0.15, 0.2) is 0 Å². The van der Waals surface area contributed by atoms with Crippen LogP contribution in [-0.4, -0.2) is 62.9 Å². The quantitative estimate of drug-likeness (QED) is 0.832. The molecule has 136 valence electrons. The fourth-order valence-corrected chi connectivity index (χ4v) is 4.83. The van der Waals surface area contributed by atoms with Crippen LogP contribution in [0.1, 0.15) is 44.9 Å². The molecule has 0 aromatic rings. The van der Waals surface area contributed by atoms with Crippen LogP contribution in [0.4, 0.5) is 0 Å². The average Bonchev–Trinajstić information content (AvgIpc) is 3.06. The van der Waals surface area contributed by atoms with Gasteiger partial charge in [0.05, 0.1) is 0 Å². The highest BCUT2D eigenvalue weighted by Gasteiger charge is 2.58. The zero-order valence-electron chi connectivity index (χ0n) is 14.8. The molecule has 1 spiro atoms. The van der Waals surface area contributed by atoms with Crippen LogP contribution >= 0.6 is 0 Å². The molecule has 2 atom stereocenters. The summed E-state index contributed by atoms with van der Waals surface area (Å²) in [7, 11) is 0. The number of nitrogens with one attached hydrogen (secondary N) is 1. The molecule has 1 N–H and O–H groups in total. The van der Waals surface area contributed by atoms with E-state index in [1.54, 1.807) is 0 Å². The standard InChI is InChI=1S/C19H32N2O3/c22-18(17-13-19(17)5-11-23-12-6-19)20-16-2-8-21(9-3-16)7-1-15-4-10-24-14-15/h15-17H,1-14H2,(H,20,22). The second-order valence-corrected chi connectivity index (χ2v) is 8.37. The van der Waals surface area contributed by atoms with Gasteiger partial charge in [-0.3, -0.25) is 4.79 Å². The van der Waals surface area contributed by atoms with E-state index in [1.165, 1.54) is 19.4 Å². The number of nitrogens with zero attached hydrogens (tertiary/aromatic N) is 1. The van der Waals surface area contributed by atoms with E-state index in [9.17, 15) is 4.79 Å². The number of likely N-dealkylation sites (tertiary alicyclic amines) is 1. The Balaban J connectivity index is 1.15. The van der Waals surface area contributed by atoms with Crippen LogP contribution in [0.5, 0.6) is 0 Å². The van der Waals surface area contributed by atoms with Crippen LogP contribution in [0, 0.1) is 17.3 Å². The van der Waals surface area contributed by atoms with Crippen molar-refractivity contribution in [2.24, 2.45) is 17.3 Å². The number of carbonyl (C=O) groups excluding carboxylic acids is 1. The Labute approximate surface area is 145 Å². The summed E-state index contributed by atoms with van der Waals surface area (Å²) < 4.78 is 10.9. The topological polar surface area (TPSA) is 50.8 Å². The summed E-state index contributed by atoms with van der Waals surface area (Å²) >= 11 is 0. The molecular weight excluding hydrogens is 304 g/mol. The number of ether oxygens (including phenoxy) is 2. The third-order valence-electron chi connectivity index (χ3n) is 6.81. The third kappa shape index (κ3) is 3.78. The van der Waals surface area contributed by atoms with E-state index in [1.807, 2.05) is 0 Å². The van der Waals surface area contributed by atoms with Gasteiger partial charge in [-0.25, -0.2) is 0 Å². The minimum atomic E-state index is 0.266. The molecule has 24 heavy (non-hydrogen) atoms. The molecule has 0 aromatic heterocycles. The van der Waals surface area contributed by atoms with Gasteiger partial charge in [-0.2, -0.15) is 0 Å². The SMILES string of the molecule is O=C(NC1CCN(CCC2CCOC2)CC1)C1CC12CCOCC2. The Morgan fingerprint density at radius 3 is 2.58 bits per heavy atom. The molecule has 5 heteroatoms. The Kier molecular flexibility index (Phi) is 5.11. The van der Waals surface area contributed by atoms with E-state index in [-0.39, 0.29) is 5.92 Å². The van der Waals surface area contributed by atoms with Crippen molar-refractivity contribution < 1.29 is 14.3 Å². The first kappa shape index (κ1) is 16.8. The number of carbonyl (C=O) groups is 1. The molecule has 4 fully saturated rings. The van der Waals surface area contributed by atoms with Crippen LogP contribution in [-0.2, 0) is 14.3 Å². The number of amides is 1. The molecule has 4 aliphatic rings. The molecule has 0 bridgehead atoms. The first-order chi connectivity index (χ1) is 11.8. The van der Waals surface area contributed by atoms with Crippen molar-refractivity contribution in [3.8, 4) is 0 Å². The molecule has 3 saturated heterocycles. The van der Waals surface area contributed by atoms with Crippen molar-refractivity contribution in [1.82, 2.24) is 10.2 Å². The summed E-state index contributed by atoms with van der Waals surface area (Å²) in [5.74, 6) is 1.35. The summed E-state index contributed by atoms with van der Waals surface area (Å²) in [6, 6.07) is 0.390. The molecule has 2 unspecified atom stereocenters. The lowest BCUT2D eigenvalue weighted by Gasteiger charge is -2.33. The summed E-state index contributed by atoms with van der Waals surface area (Å²) in [6.45, 7) is 7.04. The molecule has 3 aliphatic heterocycles. The molecule has 1 amide bonds. The number of rotatable bonds is 5. The van der Waals surface area contributed by atoms with E-state index in [2.05, 4.69) is 10.2 Å². The molecule has 1 aliphatic carbocycles. The van der Waals surface area contributed by atoms with E-state index < -0.39 is 0 Å². The van der Waals surface area contributed by atoms with Gasteiger partial charge < -0.3 is 19.7 Å². The highest BCUT2D eigenvalue weighted by molar-refractivity contribution is 5.82. The second-order valence-electron chi connectivity index (χ2n) is 8.37. The van der Waals surface area contributed by atoms with Crippen molar-refractivity contribution in [2.45, 2.75) is 51.0 Å². The monoisotopic (exact) mass is 336 g/mol. The van der Waals surface area contributed by atoms with E-state index >= 15 is 0 Å². The van der Waals surface area contributed by atoms with Crippen LogP contribution < -0.4 is 5.32 Å². The van der Waals surface area contributed by atoms with Gasteiger partial charge in [-0.05, 0) is 62.8 Å². The highest BCUT2D eigenvalue weighted by Crippen LogP contribution is 2.59. The minimum absolute atomic E-state index is 0.266. The molecular formula is C19H32N2O3. The predicted molar refractivity (Wildman–Crippen MR) is 91.7 cm³/mol. The number of hydrogen-bond donors (Lipinski definition) is 1. The molecule has 5 nitrogen and oxygen atoms in total. The Hall–Kier alpha value is -0.650. The van der Waals surface area contributed by atoms with Crippen molar-refractivity contribution >= 4 is 5.91 Å². The lowest BCUT2D eigenvalue weighted by Crippen LogP contribution is -2.46. The average molecular weight is 336 g/mol. The number of hydrogen-bond acceptors (Lipinski definition) is 4. The van der Waals surface area contributed by atoms with Crippen LogP contribution in [0.3, 0.4) is 0 Å². The van der Waals surface area contributed by atoms with E-state index in [0.29, 0.717) is 17.4 Å². The summed E-state index contributed by atoms with van der Waals surface area (Å²) in [5, 5.41) is 3.34. The summed E-state index contributed by atoms with van der Waals surface area (Å²) in [6.07, 6.45) is 7.96. The lowest BCUT2D eigenvalue weighted by atomic mass is 9.93. The first-order valence-electron chi connectivity index (χ1n) is 9.93. The largest absolute Gasteiger partial charge is 0.381 e. The zero-order chi connectivity index (χ0) is 16.4. The lowest BCUT2D eigenvalue weighted by molar-refractivity contribution is -0.124. The van der Waals surface area contributed by atoms with Crippen LogP contribution in [0.2, 0.25) is 0 Å². The molecule has 0 radical (unpaired) electrons. The fraction of sp³-hybridized carbons (Fsp3) is 0.947. The van der Waals surface area contributed by atoms with Gasteiger partial charge >= 0.3 is 0 Å². The predicted octanol–water partition coefficient (Wildman–Crippen LogP) is 1.81. The van der Waals surface area contributed by atoms with Gasteiger partial charge in [0.1, 0.15) is 0 Å². The van der Waals surface area contributed by atoms with Gasteiger partial charge in [-0.1, -0.05) is 0 Å².